The molecule has 0 aliphatic heterocycles. The molecule has 0 bridgehead atoms. The first kappa shape index (κ1) is 10.8. The first-order chi connectivity index (χ1) is 7.88. The molecule has 0 fully saturated rings. The monoisotopic (exact) mass is 233 g/mol. The molecule has 82 valence electrons. The molecule has 0 radical (unpaired) electrons. The lowest BCUT2D eigenvalue weighted by Gasteiger charge is -1.97. The summed E-state index contributed by atoms with van der Waals surface area (Å²) in [5, 5.41) is 14.0. The third-order valence-electron chi connectivity index (χ3n) is 2.13. The van der Waals surface area contributed by atoms with Crippen LogP contribution in [0.3, 0.4) is 0 Å². The van der Waals surface area contributed by atoms with Gasteiger partial charge in [-0.3, -0.25) is 4.98 Å². The molecular weight excluding hydrogens is 222 g/mol. The van der Waals surface area contributed by atoms with Gasteiger partial charge in [-0.1, -0.05) is 11.2 Å². The van der Waals surface area contributed by atoms with Gasteiger partial charge in [-0.2, -0.15) is 0 Å². The molecule has 0 saturated heterocycles. The van der Waals surface area contributed by atoms with Crippen LogP contribution in [0.1, 0.15) is 16.3 Å². The second-order valence-corrected chi connectivity index (χ2v) is 4.17. The van der Waals surface area contributed by atoms with Gasteiger partial charge in [-0.15, -0.1) is 11.3 Å². The van der Waals surface area contributed by atoms with Crippen molar-refractivity contribution in [2.45, 2.75) is 12.8 Å². The van der Waals surface area contributed by atoms with E-state index in [1.807, 2.05) is 17.6 Å². The number of aromatic nitrogens is 2. The lowest BCUT2D eigenvalue weighted by Crippen LogP contribution is -1.92. The Morgan fingerprint density at radius 2 is 2.38 bits per heavy atom. The Morgan fingerprint density at radius 3 is 3.12 bits per heavy atom. The molecule has 2 heterocycles. The first-order valence-corrected chi connectivity index (χ1v) is 5.77. The van der Waals surface area contributed by atoms with Crippen LogP contribution in [-0.2, 0) is 12.8 Å². The zero-order valence-electron chi connectivity index (χ0n) is 8.58. The molecule has 0 spiro atoms. The maximum absolute atomic E-state index is 8.36. The topological polar surface area (TPSA) is 58.4 Å². The highest BCUT2D eigenvalue weighted by atomic mass is 32.1. The lowest BCUT2D eigenvalue weighted by atomic mass is 10.1. The summed E-state index contributed by atoms with van der Waals surface area (Å²) in [5.41, 5.74) is 2.22. The van der Waals surface area contributed by atoms with E-state index < -0.39 is 0 Å². The van der Waals surface area contributed by atoms with Gasteiger partial charge in [-0.25, -0.2) is 4.98 Å². The van der Waals surface area contributed by atoms with Crippen molar-refractivity contribution >= 4 is 17.6 Å². The largest absolute Gasteiger partial charge is 0.411 e. The number of thiazole rings is 1. The van der Waals surface area contributed by atoms with Crippen molar-refractivity contribution in [2.75, 3.05) is 0 Å². The normalized spacial score (nSPS) is 11.0. The Balaban J connectivity index is 1.94. The number of rotatable bonds is 4. The van der Waals surface area contributed by atoms with E-state index in [2.05, 4.69) is 21.2 Å². The fraction of sp³-hybridized carbons (Fsp3) is 0.182. The van der Waals surface area contributed by atoms with Gasteiger partial charge in [0, 0.05) is 17.8 Å². The molecule has 2 rings (SSSR count). The smallest absolute Gasteiger partial charge is 0.138 e. The van der Waals surface area contributed by atoms with Crippen molar-refractivity contribution in [3.05, 3.63) is 46.2 Å². The van der Waals surface area contributed by atoms with E-state index in [0.717, 1.165) is 23.5 Å². The maximum atomic E-state index is 8.36. The second kappa shape index (κ2) is 5.37. The van der Waals surface area contributed by atoms with E-state index in [1.165, 1.54) is 23.1 Å². The molecule has 0 aromatic carbocycles. The van der Waals surface area contributed by atoms with Crippen molar-refractivity contribution in [2.24, 2.45) is 5.16 Å². The summed E-state index contributed by atoms with van der Waals surface area (Å²) in [6, 6.07) is 3.98. The quantitative estimate of drug-likeness (QED) is 0.500. The number of nitrogens with zero attached hydrogens (tertiary/aromatic N) is 3. The van der Waals surface area contributed by atoms with Crippen LogP contribution in [0, 0.1) is 0 Å². The van der Waals surface area contributed by atoms with Crippen LogP contribution in [0.5, 0.6) is 0 Å². The Morgan fingerprint density at radius 1 is 1.44 bits per heavy atom. The van der Waals surface area contributed by atoms with Gasteiger partial charge in [0.05, 0.1) is 5.69 Å². The molecule has 0 saturated carbocycles. The summed E-state index contributed by atoms with van der Waals surface area (Å²) in [4.78, 5) is 8.36. The highest BCUT2D eigenvalue weighted by Crippen LogP contribution is 2.10. The third kappa shape index (κ3) is 2.87. The Labute approximate surface area is 97.3 Å². The summed E-state index contributed by atoms with van der Waals surface area (Å²) in [7, 11) is 0. The van der Waals surface area contributed by atoms with Crippen molar-refractivity contribution < 1.29 is 5.21 Å². The molecule has 2 aromatic heterocycles. The number of pyridine rings is 1. The molecule has 0 aliphatic rings. The fourth-order valence-corrected chi connectivity index (χ4v) is 2.07. The van der Waals surface area contributed by atoms with Gasteiger partial charge in [0.15, 0.2) is 0 Å². The van der Waals surface area contributed by atoms with Gasteiger partial charge in [-0.05, 0) is 24.5 Å². The highest BCUT2D eigenvalue weighted by Gasteiger charge is 2.00. The third-order valence-corrected chi connectivity index (χ3v) is 2.96. The highest BCUT2D eigenvalue weighted by molar-refractivity contribution is 7.11. The van der Waals surface area contributed by atoms with E-state index in [0.29, 0.717) is 0 Å². The van der Waals surface area contributed by atoms with E-state index >= 15 is 0 Å². The molecule has 0 aliphatic carbocycles. The Bertz CT molecular complexity index is 467. The minimum atomic E-state index is 0.726. The van der Waals surface area contributed by atoms with Gasteiger partial charge in [0.2, 0.25) is 0 Å². The van der Waals surface area contributed by atoms with Gasteiger partial charge < -0.3 is 5.21 Å². The molecule has 0 atom stereocenters. The van der Waals surface area contributed by atoms with Crippen LogP contribution < -0.4 is 0 Å². The van der Waals surface area contributed by atoms with E-state index in [1.54, 1.807) is 6.20 Å². The fourth-order valence-electron chi connectivity index (χ4n) is 1.36. The van der Waals surface area contributed by atoms with Crippen LogP contribution in [0.4, 0.5) is 0 Å². The molecule has 4 nitrogen and oxygen atoms in total. The van der Waals surface area contributed by atoms with Crippen LogP contribution in [0.15, 0.2) is 35.1 Å². The molecule has 16 heavy (non-hydrogen) atoms. The average Bonchev–Trinajstić information content (AvgIpc) is 2.76. The minimum absolute atomic E-state index is 0.726. The summed E-state index contributed by atoms with van der Waals surface area (Å²) in [6.45, 7) is 0. The van der Waals surface area contributed by atoms with E-state index in [-0.39, 0.29) is 0 Å². The number of aryl methyl sites for hydroxylation is 2. The molecule has 0 unspecified atom stereocenters. The summed E-state index contributed by atoms with van der Waals surface area (Å²) in [6.07, 6.45) is 6.78. The van der Waals surface area contributed by atoms with Crippen molar-refractivity contribution in [1.29, 1.82) is 0 Å². The predicted molar refractivity (Wildman–Crippen MR) is 63.1 cm³/mol. The summed E-state index contributed by atoms with van der Waals surface area (Å²) < 4.78 is 0. The average molecular weight is 233 g/mol. The Kier molecular flexibility index (Phi) is 3.61. The van der Waals surface area contributed by atoms with Gasteiger partial charge in [0.25, 0.3) is 0 Å². The van der Waals surface area contributed by atoms with Crippen LogP contribution in [0.25, 0.3) is 0 Å². The van der Waals surface area contributed by atoms with Crippen LogP contribution in [-0.4, -0.2) is 21.4 Å². The standard InChI is InChI=1S/C11H11N3OS/c15-13-7-11-14-10(8-16-11)4-3-9-2-1-5-12-6-9/h1-2,5-8,15H,3-4H2. The molecule has 5 heteroatoms. The van der Waals surface area contributed by atoms with Gasteiger partial charge in [0.1, 0.15) is 11.2 Å². The second-order valence-electron chi connectivity index (χ2n) is 3.28. The number of oxime groups is 1. The lowest BCUT2D eigenvalue weighted by molar-refractivity contribution is 0.322. The first-order valence-electron chi connectivity index (χ1n) is 4.89. The van der Waals surface area contributed by atoms with Crippen LogP contribution in [0.2, 0.25) is 0 Å². The molecular formula is C11H11N3OS. The zero-order valence-corrected chi connectivity index (χ0v) is 9.39. The summed E-state index contributed by atoms with van der Waals surface area (Å²) in [5.74, 6) is 0. The van der Waals surface area contributed by atoms with Crippen molar-refractivity contribution in [1.82, 2.24) is 9.97 Å². The summed E-state index contributed by atoms with van der Waals surface area (Å²) >= 11 is 1.47. The van der Waals surface area contributed by atoms with Gasteiger partial charge >= 0.3 is 0 Å². The molecule has 0 amide bonds. The molecule has 1 N–H and O–H groups in total. The van der Waals surface area contributed by atoms with Crippen molar-refractivity contribution in [3.63, 3.8) is 0 Å². The molecule has 2 aromatic rings. The van der Waals surface area contributed by atoms with Crippen LogP contribution >= 0.6 is 11.3 Å². The number of hydrogen-bond acceptors (Lipinski definition) is 5. The zero-order chi connectivity index (χ0) is 11.2. The van der Waals surface area contributed by atoms with E-state index in [4.69, 9.17) is 5.21 Å². The number of hydrogen-bond donors (Lipinski definition) is 1. The predicted octanol–water partition coefficient (Wildman–Crippen LogP) is 2.13. The minimum Gasteiger partial charge on any atom is -0.411 e. The SMILES string of the molecule is ON=Cc1nc(CCc2cccnc2)cs1. The Hall–Kier alpha value is -1.75. The maximum Gasteiger partial charge on any atom is 0.138 e. The van der Waals surface area contributed by atoms with E-state index in [9.17, 15) is 0 Å². The van der Waals surface area contributed by atoms with Crippen molar-refractivity contribution in [3.8, 4) is 0 Å².